The maximum absolute atomic E-state index is 12.5. The Labute approximate surface area is 144 Å². The number of nitrogens with zero attached hydrogens (tertiary/aromatic N) is 1. The zero-order chi connectivity index (χ0) is 17.9. The number of alkyl halides is 2. The minimum absolute atomic E-state index is 0.0809. The number of benzene rings is 2. The van der Waals surface area contributed by atoms with Crippen LogP contribution in [0, 0.1) is 0 Å². The van der Waals surface area contributed by atoms with Crippen molar-refractivity contribution in [3.05, 3.63) is 54.1 Å². The van der Waals surface area contributed by atoms with E-state index in [0.29, 0.717) is 24.7 Å². The van der Waals surface area contributed by atoms with Crippen LogP contribution in [0.2, 0.25) is 0 Å². The van der Waals surface area contributed by atoms with Crippen LogP contribution in [-0.2, 0) is 10.3 Å². The highest BCUT2D eigenvalue weighted by Crippen LogP contribution is 2.33. The Bertz CT molecular complexity index is 782. The lowest BCUT2D eigenvalue weighted by atomic mass is 9.92. The Kier molecular flexibility index (Phi) is 4.85. The fourth-order valence-electron chi connectivity index (χ4n) is 2.74. The number of hydrogen-bond donors (Lipinski definition) is 2. The number of aliphatic imine (C=N–C) groups is 1. The number of ether oxygens (including phenoxy) is 2. The topological polar surface area (TPSA) is 68.9 Å². The van der Waals surface area contributed by atoms with Crippen molar-refractivity contribution >= 4 is 17.2 Å². The molecule has 5 nitrogen and oxygen atoms in total. The van der Waals surface area contributed by atoms with Gasteiger partial charge in [0.25, 0.3) is 0 Å². The summed E-state index contributed by atoms with van der Waals surface area (Å²) < 4.78 is 35.1. The average molecular weight is 347 g/mol. The van der Waals surface area contributed by atoms with Crippen molar-refractivity contribution < 1.29 is 18.3 Å². The van der Waals surface area contributed by atoms with Crippen LogP contribution in [0.1, 0.15) is 12.5 Å². The molecule has 0 aromatic heterocycles. The summed E-state index contributed by atoms with van der Waals surface area (Å²) in [4.78, 5) is 4.51. The highest BCUT2D eigenvalue weighted by molar-refractivity contribution is 5.82. The molecule has 1 atom stereocenters. The number of para-hydroxylation sites is 2. The van der Waals surface area contributed by atoms with Crippen molar-refractivity contribution in [1.82, 2.24) is 0 Å². The van der Waals surface area contributed by atoms with Gasteiger partial charge in [0.15, 0.2) is 0 Å². The van der Waals surface area contributed by atoms with Gasteiger partial charge in [-0.3, -0.25) is 4.99 Å². The normalized spacial score (nSPS) is 20.2. The number of hydrogen-bond acceptors (Lipinski definition) is 5. The molecule has 0 aliphatic carbocycles. The molecule has 0 amide bonds. The molecule has 3 N–H and O–H groups in total. The molecule has 25 heavy (non-hydrogen) atoms. The molecule has 132 valence electrons. The van der Waals surface area contributed by atoms with E-state index in [1.807, 2.05) is 31.2 Å². The van der Waals surface area contributed by atoms with E-state index in [2.05, 4.69) is 15.0 Å². The van der Waals surface area contributed by atoms with E-state index in [-0.39, 0.29) is 5.75 Å². The van der Waals surface area contributed by atoms with Gasteiger partial charge in [0.1, 0.15) is 23.7 Å². The van der Waals surface area contributed by atoms with Gasteiger partial charge in [0, 0.05) is 5.69 Å². The summed E-state index contributed by atoms with van der Waals surface area (Å²) in [5.74, 6) is 0.528. The van der Waals surface area contributed by atoms with E-state index < -0.39 is 12.2 Å². The van der Waals surface area contributed by atoms with Crippen LogP contribution in [0.3, 0.4) is 0 Å². The smallest absolute Gasteiger partial charge is 0.387 e. The fraction of sp³-hybridized carbons (Fsp3) is 0.278. The van der Waals surface area contributed by atoms with Crippen molar-refractivity contribution in [2.45, 2.75) is 19.1 Å². The molecule has 0 saturated carbocycles. The molecular weight excluding hydrogens is 328 g/mol. The predicted molar refractivity (Wildman–Crippen MR) is 92.6 cm³/mol. The standard InChI is InChI=1S/C18H19F2N3O2/c1-18(11-24-10-16(21)23-18)12-5-4-6-13(9-12)22-14-7-2-3-8-15(14)25-17(19)20/h2-9,17,22H,10-11H2,1H3,(H2,21,23). The van der Waals surface area contributed by atoms with Gasteiger partial charge < -0.3 is 20.5 Å². The number of nitrogens with two attached hydrogens (primary N) is 1. The van der Waals surface area contributed by atoms with Crippen LogP contribution < -0.4 is 15.8 Å². The zero-order valence-electron chi connectivity index (χ0n) is 13.7. The second-order valence-electron chi connectivity index (χ2n) is 5.95. The lowest BCUT2D eigenvalue weighted by Crippen LogP contribution is -2.37. The summed E-state index contributed by atoms with van der Waals surface area (Å²) in [6, 6.07) is 14.1. The van der Waals surface area contributed by atoms with Crippen molar-refractivity contribution in [3.63, 3.8) is 0 Å². The molecule has 2 aromatic carbocycles. The number of amidine groups is 1. The Balaban J connectivity index is 1.87. The van der Waals surface area contributed by atoms with Gasteiger partial charge in [-0.25, -0.2) is 0 Å². The monoisotopic (exact) mass is 347 g/mol. The Hall–Kier alpha value is -2.67. The van der Waals surface area contributed by atoms with Crippen LogP contribution in [0.15, 0.2) is 53.5 Å². The molecule has 1 aliphatic rings. The van der Waals surface area contributed by atoms with E-state index in [9.17, 15) is 8.78 Å². The lowest BCUT2D eigenvalue weighted by molar-refractivity contribution is -0.0493. The summed E-state index contributed by atoms with van der Waals surface area (Å²) in [6.07, 6.45) is 0. The molecule has 1 aliphatic heterocycles. The van der Waals surface area contributed by atoms with Crippen LogP contribution in [0.25, 0.3) is 0 Å². The summed E-state index contributed by atoms with van der Waals surface area (Å²) in [7, 11) is 0. The van der Waals surface area contributed by atoms with Crippen LogP contribution in [0.5, 0.6) is 5.75 Å². The molecule has 0 radical (unpaired) electrons. The molecule has 7 heteroatoms. The first kappa shape index (κ1) is 17.2. The van der Waals surface area contributed by atoms with Gasteiger partial charge >= 0.3 is 6.61 Å². The van der Waals surface area contributed by atoms with Crippen molar-refractivity contribution in [2.75, 3.05) is 18.5 Å². The third kappa shape index (κ3) is 4.06. The van der Waals surface area contributed by atoms with Crippen molar-refractivity contribution in [1.29, 1.82) is 0 Å². The van der Waals surface area contributed by atoms with Gasteiger partial charge in [-0.15, -0.1) is 0 Å². The van der Waals surface area contributed by atoms with E-state index in [1.165, 1.54) is 6.07 Å². The predicted octanol–water partition coefficient (Wildman–Crippen LogP) is 3.63. The molecule has 0 spiro atoms. The number of nitrogens with one attached hydrogen (secondary N) is 1. The van der Waals surface area contributed by atoms with Crippen LogP contribution in [0.4, 0.5) is 20.2 Å². The minimum atomic E-state index is -2.88. The minimum Gasteiger partial charge on any atom is -0.433 e. The van der Waals surface area contributed by atoms with E-state index in [0.717, 1.165) is 11.3 Å². The summed E-state index contributed by atoms with van der Waals surface area (Å²) in [5.41, 5.74) is 7.30. The molecule has 0 bridgehead atoms. The first-order valence-electron chi connectivity index (χ1n) is 7.80. The fourth-order valence-corrected chi connectivity index (χ4v) is 2.74. The van der Waals surface area contributed by atoms with Gasteiger partial charge in [-0.05, 0) is 36.8 Å². The van der Waals surface area contributed by atoms with Gasteiger partial charge in [-0.2, -0.15) is 8.78 Å². The van der Waals surface area contributed by atoms with Gasteiger partial charge in [0.05, 0.1) is 12.3 Å². The quantitative estimate of drug-likeness (QED) is 0.866. The molecular formula is C18H19F2N3O2. The van der Waals surface area contributed by atoms with Crippen LogP contribution in [-0.4, -0.2) is 25.7 Å². The highest BCUT2D eigenvalue weighted by atomic mass is 19.3. The zero-order valence-corrected chi connectivity index (χ0v) is 13.7. The maximum atomic E-state index is 12.5. The SMILES string of the molecule is CC1(c2cccc(Nc3ccccc3OC(F)F)c2)COCC(N)=N1. The van der Waals surface area contributed by atoms with E-state index in [4.69, 9.17) is 10.5 Å². The Morgan fingerprint density at radius 1 is 1.24 bits per heavy atom. The van der Waals surface area contributed by atoms with Crippen molar-refractivity contribution in [3.8, 4) is 5.75 Å². The van der Waals surface area contributed by atoms with Gasteiger partial charge in [-0.1, -0.05) is 24.3 Å². The second-order valence-corrected chi connectivity index (χ2v) is 5.95. The first-order valence-corrected chi connectivity index (χ1v) is 7.80. The lowest BCUT2D eigenvalue weighted by Gasteiger charge is -2.30. The Morgan fingerprint density at radius 2 is 2.04 bits per heavy atom. The first-order chi connectivity index (χ1) is 12.0. The number of halogens is 2. The van der Waals surface area contributed by atoms with Gasteiger partial charge in [0.2, 0.25) is 0 Å². The molecule has 3 rings (SSSR count). The molecule has 1 unspecified atom stereocenters. The van der Waals surface area contributed by atoms with Crippen LogP contribution >= 0.6 is 0 Å². The third-order valence-corrected chi connectivity index (χ3v) is 3.89. The molecule has 1 heterocycles. The van der Waals surface area contributed by atoms with Crippen molar-refractivity contribution in [2.24, 2.45) is 10.7 Å². The molecule has 0 saturated heterocycles. The average Bonchev–Trinajstić information content (AvgIpc) is 2.56. The number of anilines is 2. The molecule has 2 aromatic rings. The summed E-state index contributed by atoms with van der Waals surface area (Å²) in [5, 5.41) is 3.11. The van der Waals surface area contributed by atoms with E-state index >= 15 is 0 Å². The Morgan fingerprint density at radius 3 is 2.80 bits per heavy atom. The number of rotatable bonds is 5. The van der Waals surface area contributed by atoms with E-state index in [1.54, 1.807) is 18.2 Å². The maximum Gasteiger partial charge on any atom is 0.387 e. The second kappa shape index (κ2) is 7.06. The highest BCUT2D eigenvalue weighted by Gasteiger charge is 2.30. The largest absolute Gasteiger partial charge is 0.433 e. The summed E-state index contributed by atoms with van der Waals surface area (Å²) in [6.45, 7) is -0.204. The summed E-state index contributed by atoms with van der Waals surface area (Å²) >= 11 is 0. The molecule has 0 fully saturated rings. The third-order valence-electron chi connectivity index (χ3n) is 3.89.